The minimum absolute atomic E-state index is 0.254. The van der Waals surface area contributed by atoms with Gasteiger partial charge >= 0.3 is 0 Å². The van der Waals surface area contributed by atoms with Crippen molar-refractivity contribution in [1.29, 1.82) is 0 Å². The minimum atomic E-state index is -3.55. The standard InChI is InChI=1S/C14H16N2O2S/c1-11-7-9-12(10-8-11)19(17,18)16-14-6-4-3-5-13(14)15-2/h3-10,15-16H,1-2H3. The Morgan fingerprint density at radius 1 is 0.895 bits per heavy atom. The zero-order valence-electron chi connectivity index (χ0n) is 10.8. The van der Waals surface area contributed by atoms with E-state index in [4.69, 9.17) is 0 Å². The second kappa shape index (κ2) is 5.32. The van der Waals surface area contributed by atoms with Gasteiger partial charge in [-0.15, -0.1) is 0 Å². The molecule has 0 aromatic heterocycles. The molecular formula is C14H16N2O2S. The van der Waals surface area contributed by atoms with Crippen LogP contribution < -0.4 is 10.0 Å². The van der Waals surface area contributed by atoms with Gasteiger partial charge in [0, 0.05) is 7.05 Å². The van der Waals surface area contributed by atoms with Crippen LogP contribution in [0.4, 0.5) is 11.4 Å². The Hall–Kier alpha value is -2.01. The zero-order chi connectivity index (χ0) is 13.9. The molecule has 0 aliphatic carbocycles. The third-order valence-electron chi connectivity index (χ3n) is 2.77. The SMILES string of the molecule is CNc1ccccc1NS(=O)(=O)c1ccc(C)cc1. The number of nitrogens with one attached hydrogen (secondary N) is 2. The highest BCUT2D eigenvalue weighted by atomic mass is 32.2. The molecule has 0 radical (unpaired) electrons. The van der Waals surface area contributed by atoms with Crippen LogP contribution in [0.2, 0.25) is 0 Å². The van der Waals surface area contributed by atoms with E-state index in [1.807, 2.05) is 19.1 Å². The normalized spacial score (nSPS) is 11.1. The van der Waals surface area contributed by atoms with E-state index in [1.54, 1.807) is 43.4 Å². The molecule has 0 atom stereocenters. The van der Waals surface area contributed by atoms with E-state index >= 15 is 0 Å². The van der Waals surface area contributed by atoms with Crippen LogP contribution in [-0.2, 0) is 10.0 Å². The summed E-state index contributed by atoms with van der Waals surface area (Å²) in [6, 6.07) is 13.9. The maximum Gasteiger partial charge on any atom is 0.261 e. The van der Waals surface area contributed by atoms with Gasteiger partial charge in [0.1, 0.15) is 0 Å². The summed E-state index contributed by atoms with van der Waals surface area (Å²) in [5.74, 6) is 0. The first kappa shape index (κ1) is 13.4. The molecule has 0 saturated carbocycles. The van der Waals surface area contributed by atoms with Crippen molar-refractivity contribution in [1.82, 2.24) is 0 Å². The van der Waals surface area contributed by atoms with Crippen LogP contribution in [0.3, 0.4) is 0 Å². The van der Waals surface area contributed by atoms with Gasteiger partial charge in [0.15, 0.2) is 0 Å². The number of hydrogen-bond donors (Lipinski definition) is 2. The fourth-order valence-corrected chi connectivity index (χ4v) is 2.79. The Morgan fingerprint density at radius 3 is 2.05 bits per heavy atom. The van der Waals surface area contributed by atoms with Crippen molar-refractivity contribution < 1.29 is 8.42 Å². The molecule has 19 heavy (non-hydrogen) atoms. The van der Waals surface area contributed by atoms with Crippen molar-refractivity contribution in [3.8, 4) is 0 Å². The molecule has 0 aliphatic heterocycles. The number of benzene rings is 2. The van der Waals surface area contributed by atoms with Crippen molar-refractivity contribution >= 4 is 21.4 Å². The Labute approximate surface area is 113 Å². The Morgan fingerprint density at radius 2 is 1.47 bits per heavy atom. The van der Waals surface area contributed by atoms with Crippen molar-refractivity contribution in [3.63, 3.8) is 0 Å². The minimum Gasteiger partial charge on any atom is -0.386 e. The number of rotatable bonds is 4. The van der Waals surface area contributed by atoms with Crippen LogP contribution in [0.5, 0.6) is 0 Å². The fraction of sp³-hybridized carbons (Fsp3) is 0.143. The molecule has 2 rings (SSSR count). The van der Waals surface area contributed by atoms with E-state index in [1.165, 1.54) is 0 Å². The third kappa shape index (κ3) is 3.06. The smallest absolute Gasteiger partial charge is 0.261 e. The summed E-state index contributed by atoms with van der Waals surface area (Å²) in [5, 5.41) is 2.95. The average molecular weight is 276 g/mol. The number of hydrogen-bond acceptors (Lipinski definition) is 3. The molecule has 5 heteroatoms. The second-order valence-electron chi connectivity index (χ2n) is 4.21. The quantitative estimate of drug-likeness (QED) is 0.902. The summed E-state index contributed by atoms with van der Waals surface area (Å²) in [6.45, 7) is 1.92. The molecule has 2 aromatic rings. The zero-order valence-corrected chi connectivity index (χ0v) is 11.7. The number of para-hydroxylation sites is 2. The molecule has 0 fully saturated rings. The molecule has 4 nitrogen and oxygen atoms in total. The van der Waals surface area contributed by atoms with E-state index < -0.39 is 10.0 Å². The van der Waals surface area contributed by atoms with Crippen molar-refractivity contribution in [2.75, 3.05) is 17.1 Å². The molecule has 0 heterocycles. The Bertz CT molecular complexity index is 664. The molecule has 2 aromatic carbocycles. The van der Waals surface area contributed by atoms with Gasteiger partial charge in [0.2, 0.25) is 0 Å². The molecule has 0 aliphatic rings. The molecule has 0 saturated heterocycles. The summed E-state index contributed by atoms with van der Waals surface area (Å²) in [6.07, 6.45) is 0. The van der Waals surface area contributed by atoms with E-state index in [0.29, 0.717) is 5.69 Å². The van der Waals surface area contributed by atoms with Crippen LogP contribution in [0, 0.1) is 6.92 Å². The largest absolute Gasteiger partial charge is 0.386 e. The third-order valence-corrected chi connectivity index (χ3v) is 4.15. The average Bonchev–Trinajstić information content (AvgIpc) is 2.39. The maximum atomic E-state index is 12.2. The highest BCUT2D eigenvalue weighted by Gasteiger charge is 2.15. The van der Waals surface area contributed by atoms with Crippen LogP contribution in [0.25, 0.3) is 0 Å². The molecule has 0 unspecified atom stereocenters. The van der Waals surface area contributed by atoms with Gasteiger partial charge in [0.25, 0.3) is 10.0 Å². The van der Waals surface area contributed by atoms with Gasteiger partial charge in [-0.3, -0.25) is 4.72 Å². The van der Waals surface area contributed by atoms with Gasteiger partial charge in [-0.1, -0.05) is 29.8 Å². The Balaban J connectivity index is 2.34. The second-order valence-corrected chi connectivity index (χ2v) is 5.90. The van der Waals surface area contributed by atoms with E-state index in [0.717, 1.165) is 11.3 Å². The summed E-state index contributed by atoms with van der Waals surface area (Å²) >= 11 is 0. The number of sulfonamides is 1. The topological polar surface area (TPSA) is 58.2 Å². The molecule has 0 spiro atoms. The molecule has 2 N–H and O–H groups in total. The predicted octanol–water partition coefficient (Wildman–Crippen LogP) is 2.84. The Kier molecular flexibility index (Phi) is 3.76. The lowest BCUT2D eigenvalue weighted by atomic mass is 10.2. The lowest BCUT2D eigenvalue weighted by Gasteiger charge is -2.12. The first-order valence-corrected chi connectivity index (χ1v) is 7.37. The molecular weight excluding hydrogens is 260 g/mol. The number of anilines is 2. The fourth-order valence-electron chi connectivity index (χ4n) is 1.71. The van der Waals surface area contributed by atoms with Crippen LogP contribution >= 0.6 is 0 Å². The molecule has 0 amide bonds. The van der Waals surface area contributed by atoms with Crippen LogP contribution in [0.15, 0.2) is 53.4 Å². The lowest BCUT2D eigenvalue weighted by molar-refractivity contribution is 0.601. The predicted molar refractivity (Wildman–Crippen MR) is 78.0 cm³/mol. The van der Waals surface area contributed by atoms with Crippen LogP contribution in [-0.4, -0.2) is 15.5 Å². The highest BCUT2D eigenvalue weighted by Crippen LogP contribution is 2.23. The summed E-state index contributed by atoms with van der Waals surface area (Å²) in [7, 11) is -1.80. The first-order chi connectivity index (χ1) is 9.03. The lowest BCUT2D eigenvalue weighted by Crippen LogP contribution is -2.14. The monoisotopic (exact) mass is 276 g/mol. The maximum absolute atomic E-state index is 12.2. The van der Waals surface area contributed by atoms with Gasteiger partial charge in [-0.2, -0.15) is 0 Å². The van der Waals surface area contributed by atoms with Gasteiger partial charge in [-0.05, 0) is 31.2 Å². The van der Waals surface area contributed by atoms with E-state index in [2.05, 4.69) is 10.0 Å². The van der Waals surface area contributed by atoms with Crippen molar-refractivity contribution in [2.45, 2.75) is 11.8 Å². The molecule has 100 valence electrons. The van der Waals surface area contributed by atoms with E-state index in [9.17, 15) is 8.42 Å². The summed E-state index contributed by atoms with van der Waals surface area (Å²) in [5.41, 5.74) is 2.29. The van der Waals surface area contributed by atoms with Crippen LogP contribution in [0.1, 0.15) is 5.56 Å². The van der Waals surface area contributed by atoms with Gasteiger partial charge in [-0.25, -0.2) is 8.42 Å². The number of aryl methyl sites for hydroxylation is 1. The van der Waals surface area contributed by atoms with Crippen molar-refractivity contribution in [3.05, 3.63) is 54.1 Å². The molecule has 0 bridgehead atoms. The summed E-state index contributed by atoms with van der Waals surface area (Å²) < 4.78 is 27.1. The van der Waals surface area contributed by atoms with Gasteiger partial charge < -0.3 is 5.32 Å². The highest BCUT2D eigenvalue weighted by molar-refractivity contribution is 7.92. The van der Waals surface area contributed by atoms with Gasteiger partial charge in [0.05, 0.1) is 16.3 Å². The first-order valence-electron chi connectivity index (χ1n) is 5.89. The van der Waals surface area contributed by atoms with Crippen molar-refractivity contribution in [2.24, 2.45) is 0 Å². The van der Waals surface area contributed by atoms with E-state index in [-0.39, 0.29) is 4.90 Å². The summed E-state index contributed by atoms with van der Waals surface area (Å²) in [4.78, 5) is 0.254.